The Bertz CT molecular complexity index is 454. The van der Waals surface area contributed by atoms with Crippen LogP contribution in [0, 0.1) is 5.92 Å². The van der Waals surface area contributed by atoms with E-state index < -0.39 is 18.2 Å². The highest BCUT2D eigenvalue weighted by Crippen LogP contribution is 2.24. The number of carboxylic acid groups (broad SMARTS) is 1. The lowest BCUT2D eigenvalue weighted by Crippen LogP contribution is -2.47. The van der Waals surface area contributed by atoms with Crippen molar-refractivity contribution in [3.63, 3.8) is 0 Å². The minimum Gasteiger partial charge on any atom is -0.479 e. The molecule has 7 nitrogen and oxygen atoms in total. The number of rotatable bonds is 6. The largest absolute Gasteiger partial charge is 0.479 e. The summed E-state index contributed by atoms with van der Waals surface area (Å²) in [4.78, 5) is 36.7. The van der Waals surface area contributed by atoms with E-state index in [4.69, 9.17) is 9.84 Å². The maximum atomic E-state index is 12.5. The number of ether oxygens (including phenoxy) is 1. The molecule has 1 unspecified atom stereocenters. The van der Waals surface area contributed by atoms with Gasteiger partial charge in [0.2, 0.25) is 5.91 Å². The van der Waals surface area contributed by atoms with Crippen LogP contribution in [0.2, 0.25) is 0 Å². The number of hydrogen-bond acceptors (Lipinski definition) is 4. The maximum absolute atomic E-state index is 12.5. The van der Waals surface area contributed by atoms with Crippen LogP contribution < -0.4 is 5.32 Å². The predicted octanol–water partition coefficient (Wildman–Crippen LogP) is 0.774. The van der Waals surface area contributed by atoms with E-state index >= 15 is 0 Å². The van der Waals surface area contributed by atoms with Crippen LogP contribution in [0.4, 0.5) is 0 Å². The third-order valence-corrected chi connectivity index (χ3v) is 4.47. The molecule has 0 aliphatic carbocycles. The summed E-state index contributed by atoms with van der Waals surface area (Å²) in [6, 6.07) is 0. The van der Waals surface area contributed by atoms with E-state index in [0.29, 0.717) is 38.9 Å². The Balaban J connectivity index is 1.80. The Morgan fingerprint density at radius 2 is 1.96 bits per heavy atom. The van der Waals surface area contributed by atoms with Crippen molar-refractivity contribution in [3.8, 4) is 0 Å². The summed E-state index contributed by atoms with van der Waals surface area (Å²) in [6.45, 7) is 3.83. The molecule has 0 spiro atoms. The minimum atomic E-state index is -1.00. The van der Waals surface area contributed by atoms with Crippen LogP contribution in [0.1, 0.15) is 45.4 Å². The number of aliphatic carboxylic acids is 1. The number of likely N-dealkylation sites (tertiary alicyclic amines) is 1. The van der Waals surface area contributed by atoms with Crippen molar-refractivity contribution >= 4 is 17.8 Å². The standard InChI is InChI=1S/C16H26N2O5/c1-2-4-14(19)17-9-11-5-3-8-18(10-11)15(20)12-6-7-13(23-12)16(21)22/h11-13H,2-10H2,1H3,(H,17,19)(H,21,22)/t11?,12-,13+/m0/s1. The van der Waals surface area contributed by atoms with Gasteiger partial charge in [-0.25, -0.2) is 4.79 Å². The van der Waals surface area contributed by atoms with Crippen molar-refractivity contribution in [3.05, 3.63) is 0 Å². The molecule has 0 aromatic heterocycles. The molecular formula is C16H26N2O5. The van der Waals surface area contributed by atoms with Gasteiger partial charge in [-0.1, -0.05) is 6.92 Å². The number of hydrogen-bond donors (Lipinski definition) is 2. The highest BCUT2D eigenvalue weighted by molar-refractivity contribution is 5.83. The number of amides is 2. The lowest BCUT2D eigenvalue weighted by molar-refractivity contribution is -0.155. The van der Waals surface area contributed by atoms with Crippen LogP contribution in [0.5, 0.6) is 0 Å². The van der Waals surface area contributed by atoms with E-state index in [-0.39, 0.29) is 17.7 Å². The Hall–Kier alpha value is -1.63. The van der Waals surface area contributed by atoms with E-state index in [9.17, 15) is 14.4 Å². The molecule has 2 aliphatic rings. The zero-order valence-electron chi connectivity index (χ0n) is 13.6. The zero-order valence-corrected chi connectivity index (χ0v) is 13.6. The van der Waals surface area contributed by atoms with Crippen molar-refractivity contribution in [2.24, 2.45) is 5.92 Å². The van der Waals surface area contributed by atoms with Gasteiger partial charge in [-0.05, 0) is 38.0 Å². The third kappa shape index (κ3) is 4.92. The average Bonchev–Trinajstić information content (AvgIpc) is 3.03. The van der Waals surface area contributed by atoms with Crippen LogP contribution >= 0.6 is 0 Å². The predicted molar refractivity (Wildman–Crippen MR) is 82.8 cm³/mol. The van der Waals surface area contributed by atoms with Crippen molar-refractivity contribution in [2.45, 2.75) is 57.7 Å². The van der Waals surface area contributed by atoms with Crippen molar-refractivity contribution in [1.29, 1.82) is 0 Å². The second kappa shape index (κ2) is 8.29. The molecular weight excluding hydrogens is 300 g/mol. The second-order valence-electron chi connectivity index (χ2n) is 6.38. The summed E-state index contributed by atoms with van der Waals surface area (Å²) in [7, 11) is 0. The molecule has 2 aliphatic heterocycles. The van der Waals surface area contributed by atoms with Gasteiger partial charge in [0, 0.05) is 26.1 Å². The first-order valence-corrected chi connectivity index (χ1v) is 8.45. The van der Waals surface area contributed by atoms with Gasteiger partial charge in [0.25, 0.3) is 5.91 Å². The molecule has 2 rings (SSSR count). The van der Waals surface area contributed by atoms with Crippen LogP contribution in [-0.4, -0.2) is 59.6 Å². The SMILES string of the molecule is CCCC(=O)NCC1CCCN(C(=O)[C@@H]2CC[C@H](C(=O)O)O2)C1. The number of piperidine rings is 1. The maximum Gasteiger partial charge on any atom is 0.332 e. The van der Waals surface area contributed by atoms with Gasteiger partial charge in [0.05, 0.1) is 0 Å². The topological polar surface area (TPSA) is 95.9 Å². The molecule has 2 fully saturated rings. The first kappa shape index (κ1) is 17.7. The monoisotopic (exact) mass is 326 g/mol. The molecule has 0 bridgehead atoms. The smallest absolute Gasteiger partial charge is 0.332 e. The molecule has 0 radical (unpaired) electrons. The average molecular weight is 326 g/mol. The van der Waals surface area contributed by atoms with Gasteiger partial charge >= 0.3 is 5.97 Å². The number of nitrogens with one attached hydrogen (secondary N) is 1. The van der Waals surface area contributed by atoms with Crippen LogP contribution in [0.15, 0.2) is 0 Å². The summed E-state index contributed by atoms with van der Waals surface area (Å²) in [5, 5.41) is 11.9. The van der Waals surface area contributed by atoms with E-state index in [1.165, 1.54) is 0 Å². The molecule has 2 heterocycles. The van der Waals surface area contributed by atoms with Crippen molar-refractivity contribution in [1.82, 2.24) is 10.2 Å². The lowest BCUT2D eigenvalue weighted by atomic mass is 9.97. The van der Waals surface area contributed by atoms with E-state index in [1.807, 2.05) is 6.92 Å². The fraction of sp³-hybridized carbons (Fsp3) is 0.812. The fourth-order valence-electron chi connectivity index (χ4n) is 3.21. The minimum absolute atomic E-state index is 0.0550. The van der Waals surface area contributed by atoms with Gasteiger partial charge in [-0.15, -0.1) is 0 Å². The highest BCUT2D eigenvalue weighted by atomic mass is 16.5. The van der Waals surface area contributed by atoms with Crippen molar-refractivity contribution < 1.29 is 24.2 Å². The molecule has 2 N–H and O–H groups in total. The molecule has 130 valence electrons. The van der Waals surface area contributed by atoms with Crippen LogP contribution in [0.3, 0.4) is 0 Å². The molecule has 0 aromatic carbocycles. The molecule has 0 saturated carbocycles. The van der Waals surface area contributed by atoms with Crippen LogP contribution in [-0.2, 0) is 19.1 Å². The third-order valence-electron chi connectivity index (χ3n) is 4.47. The first-order chi connectivity index (χ1) is 11.0. The van der Waals surface area contributed by atoms with E-state index in [1.54, 1.807) is 4.90 Å². The number of carbonyl (C=O) groups excluding carboxylic acids is 2. The Morgan fingerprint density at radius 3 is 2.61 bits per heavy atom. The van der Waals surface area contributed by atoms with E-state index in [0.717, 1.165) is 19.3 Å². The lowest BCUT2D eigenvalue weighted by Gasteiger charge is -2.34. The number of nitrogens with zero attached hydrogens (tertiary/aromatic N) is 1. The summed E-state index contributed by atoms with van der Waals surface area (Å²) in [6.07, 6.45) is 2.59. The molecule has 3 atom stereocenters. The number of carboxylic acids is 1. The highest BCUT2D eigenvalue weighted by Gasteiger charge is 2.37. The molecule has 2 amide bonds. The van der Waals surface area contributed by atoms with Gasteiger partial charge in [0.1, 0.15) is 6.10 Å². The van der Waals surface area contributed by atoms with Gasteiger partial charge in [0.15, 0.2) is 6.10 Å². The van der Waals surface area contributed by atoms with Gasteiger partial charge in [-0.2, -0.15) is 0 Å². The molecule has 2 saturated heterocycles. The van der Waals surface area contributed by atoms with Crippen molar-refractivity contribution in [2.75, 3.05) is 19.6 Å². The zero-order chi connectivity index (χ0) is 16.8. The van der Waals surface area contributed by atoms with Gasteiger partial charge in [-0.3, -0.25) is 9.59 Å². The molecule has 23 heavy (non-hydrogen) atoms. The number of carbonyl (C=O) groups is 3. The first-order valence-electron chi connectivity index (χ1n) is 8.45. The fourth-order valence-corrected chi connectivity index (χ4v) is 3.21. The van der Waals surface area contributed by atoms with E-state index in [2.05, 4.69) is 5.32 Å². The Kier molecular flexibility index (Phi) is 6.38. The summed E-state index contributed by atoms with van der Waals surface area (Å²) in [5.74, 6) is -0.807. The van der Waals surface area contributed by atoms with Gasteiger partial charge < -0.3 is 20.1 Å². The second-order valence-corrected chi connectivity index (χ2v) is 6.38. The normalized spacial score (nSPS) is 27.7. The molecule has 7 heteroatoms. The molecule has 0 aromatic rings. The quantitative estimate of drug-likeness (QED) is 0.752. The Labute approximate surface area is 136 Å². The summed E-state index contributed by atoms with van der Waals surface area (Å²) >= 11 is 0. The summed E-state index contributed by atoms with van der Waals surface area (Å²) in [5.41, 5.74) is 0. The Morgan fingerprint density at radius 1 is 1.22 bits per heavy atom. The summed E-state index contributed by atoms with van der Waals surface area (Å²) < 4.78 is 5.34. The van der Waals surface area contributed by atoms with Crippen LogP contribution in [0.25, 0.3) is 0 Å².